The van der Waals surface area contributed by atoms with Crippen LogP contribution in [0.4, 0.5) is 0 Å². The van der Waals surface area contributed by atoms with Crippen molar-refractivity contribution in [3.63, 3.8) is 0 Å². The molecule has 0 aliphatic carbocycles. The first-order chi connectivity index (χ1) is 12.3. The summed E-state index contributed by atoms with van der Waals surface area (Å²) in [5.74, 6) is 0.890. The molecule has 0 bridgehead atoms. The first kappa shape index (κ1) is 22.4. The summed E-state index contributed by atoms with van der Waals surface area (Å²) < 4.78 is 1.82. The average molecular weight is 470 g/mol. The van der Waals surface area contributed by atoms with Crippen LogP contribution in [0.25, 0.3) is 0 Å². The molecule has 0 aliphatic heterocycles. The summed E-state index contributed by atoms with van der Waals surface area (Å²) in [6.07, 6.45) is 8.31. The number of aliphatic imine (C=N–C) groups is 1. The third-order valence-corrected chi connectivity index (χ3v) is 3.89. The number of halogens is 1. The van der Waals surface area contributed by atoms with Crippen molar-refractivity contribution in [2.24, 2.45) is 4.99 Å². The van der Waals surface area contributed by atoms with Crippen molar-refractivity contribution >= 4 is 29.9 Å². The Balaban J connectivity index is 0.00000338. The second-order valence-corrected chi connectivity index (χ2v) is 6.10. The van der Waals surface area contributed by atoms with Gasteiger partial charge in [-0.15, -0.1) is 24.0 Å². The summed E-state index contributed by atoms with van der Waals surface area (Å²) in [7, 11) is 0. The van der Waals surface area contributed by atoms with Crippen LogP contribution in [0.5, 0.6) is 0 Å². The fraction of sp³-hybridized carbons (Fsp3) is 0.526. The molecule has 1 aromatic carbocycles. The molecule has 0 fully saturated rings. The molecule has 0 saturated carbocycles. The van der Waals surface area contributed by atoms with Crippen molar-refractivity contribution in [3.05, 3.63) is 48.0 Å². The topological polar surface area (TPSA) is 67.1 Å². The molecule has 0 spiro atoms. The molecular weight excluding hydrogens is 439 g/mol. The highest BCUT2D eigenvalue weighted by atomic mass is 127. The van der Waals surface area contributed by atoms with Crippen molar-refractivity contribution in [2.75, 3.05) is 13.1 Å². The summed E-state index contributed by atoms with van der Waals surface area (Å²) >= 11 is 0. The van der Waals surface area contributed by atoms with Gasteiger partial charge in [0.1, 0.15) is 12.7 Å². The van der Waals surface area contributed by atoms with Gasteiger partial charge in [-0.2, -0.15) is 5.10 Å². The van der Waals surface area contributed by atoms with E-state index >= 15 is 0 Å². The molecule has 7 heteroatoms. The van der Waals surface area contributed by atoms with E-state index in [9.17, 15) is 0 Å². The number of guanidine groups is 1. The SMILES string of the molecule is CCCCCCNC(=NCc1cccc(Cn2cncn2)c1)NCC.I. The number of rotatable bonds is 10. The minimum Gasteiger partial charge on any atom is -0.357 e. The van der Waals surface area contributed by atoms with E-state index in [1.807, 2.05) is 4.68 Å². The predicted octanol–water partition coefficient (Wildman–Crippen LogP) is 3.58. The predicted molar refractivity (Wildman–Crippen MR) is 118 cm³/mol. The lowest BCUT2D eigenvalue weighted by Crippen LogP contribution is -2.37. The Bertz CT molecular complexity index is 627. The number of hydrogen-bond donors (Lipinski definition) is 2. The van der Waals surface area contributed by atoms with Crippen LogP contribution in [0.15, 0.2) is 41.9 Å². The number of nitrogens with one attached hydrogen (secondary N) is 2. The van der Waals surface area contributed by atoms with E-state index in [4.69, 9.17) is 4.99 Å². The normalized spacial score (nSPS) is 11.1. The molecule has 2 rings (SSSR count). The Hall–Kier alpha value is -1.64. The molecule has 0 saturated heterocycles. The largest absolute Gasteiger partial charge is 0.357 e. The van der Waals surface area contributed by atoms with Gasteiger partial charge in [-0.05, 0) is 24.5 Å². The lowest BCUT2D eigenvalue weighted by atomic mass is 10.1. The summed E-state index contributed by atoms with van der Waals surface area (Å²) in [4.78, 5) is 8.68. The third-order valence-electron chi connectivity index (χ3n) is 3.89. The molecule has 26 heavy (non-hydrogen) atoms. The summed E-state index contributed by atoms with van der Waals surface area (Å²) in [5.41, 5.74) is 2.40. The Morgan fingerprint density at radius 1 is 1.12 bits per heavy atom. The Morgan fingerprint density at radius 3 is 2.69 bits per heavy atom. The molecule has 6 nitrogen and oxygen atoms in total. The average Bonchev–Trinajstić information content (AvgIpc) is 3.13. The molecule has 1 aromatic heterocycles. The molecule has 0 amide bonds. The summed E-state index contributed by atoms with van der Waals surface area (Å²) in [6.45, 7) is 7.55. The maximum atomic E-state index is 4.70. The van der Waals surface area contributed by atoms with Gasteiger partial charge in [0, 0.05) is 13.1 Å². The van der Waals surface area contributed by atoms with Gasteiger partial charge in [-0.25, -0.2) is 14.7 Å². The Labute approximate surface area is 173 Å². The zero-order chi connectivity index (χ0) is 17.7. The van der Waals surface area contributed by atoms with Crippen LogP contribution in [0.3, 0.4) is 0 Å². The van der Waals surface area contributed by atoms with E-state index in [0.717, 1.165) is 25.6 Å². The van der Waals surface area contributed by atoms with Crippen LogP contribution in [0, 0.1) is 0 Å². The second kappa shape index (κ2) is 13.5. The number of benzene rings is 1. The van der Waals surface area contributed by atoms with Gasteiger partial charge >= 0.3 is 0 Å². The van der Waals surface area contributed by atoms with Crippen LogP contribution < -0.4 is 10.6 Å². The number of aromatic nitrogens is 3. The van der Waals surface area contributed by atoms with Crippen molar-refractivity contribution < 1.29 is 0 Å². The van der Waals surface area contributed by atoms with E-state index in [1.165, 1.54) is 36.8 Å². The molecule has 1 heterocycles. The van der Waals surface area contributed by atoms with Crippen molar-refractivity contribution in [3.8, 4) is 0 Å². The van der Waals surface area contributed by atoms with E-state index < -0.39 is 0 Å². The maximum absolute atomic E-state index is 4.70. The van der Waals surface area contributed by atoms with Gasteiger partial charge in [-0.1, -0.05) is 50.5 Å². The molecule has 144 valence electrons. The zero-order valence-corrected chi connectivity index (χ0v) is 18.1. The van der Waals surface area contributed by atoms with Crippen LogP contribution in [0.1, 0.15) is 50.7 Å². The Morgan fingerprint density at radius 2 is 1.96 bits per heavy atom. The van der Waals surface area contributed by atoms with Crippen molar-refractivity contribution in [1.29, 1.82) is 0 Å². The highest BCUT2D eigenvalue weighted by molar-refractivity contribution is 14.0. The van der Waals surface area contributed by atoms with Crippen LogP contribution in [-0.4, -0.2) is 33.8 Å². The summed E-state index contributed by atoms with van der Waals surface area (Å²) in [5, 5.41) is 10.9. The summed E-state index contributed by atoms with van der Waals surface area (Å²) in [6, 6.07) is 8.46. The number of hydrogen-bond acceptors (Lipinski definition) is 3. The highest BCUT2D eigenvalue weighted by Crippen LogP contribution is 2.08. The first-order valence-corrected chi connectivity index (χ1v) is 9.24. The van der Waals surface area contributed by atoms with Gasteiger partial charge in [-0.3, -0.25) is 0 Å². The fourth-order valence-corrected chi connectivity index (χ4v) is 2.60. The second-order valence-electron chi connectivity index (χ2n) is 6.10. The molecule has 0 radical (unpaired) electrons. The van der Waals surface area contributed by atoms with Gasteiger partial charge in [0.2, 0.25) is 0 Å². The lowest BCUT2D eigenvalue weighted by Gasteiger charge is -2.11. The molecule has 0 atom stereocenters. The lowest BCUT2D eigenvalue weighted by molar-refractivity contribution is 0.647. The molecule has 0 unspecified atom stereocenters. The monoisotopic (exact) mass is 470 g/mol. The fourth-order valence-electron chi connectivity index (χ4n) is 2.60. The van der Waals surface area contributed by atoms with Crippen LogP contribution in [0.2, 0.25) is 0 Å². The van der Waals surface area contributed by atoms with Crippen LogP contribution >= 0.6 is 24.0 Å². The smallest absolute Gasteiger partial charge is 0.191 e. The number of nitrogens with zero attached hydrogens (tertiary/aromatic N) is 4. The van der Waals surface area contributed by atoms with Gasteiger partial charge in [0.15, 0.2) is 5.96 Å². The van der Waals surface area contributed by atoms with Crippen molar-refractivity contribution in [2.45, 2.75) is 52.6 Å². The minimum atomic E-state index is 0. The van der Waals surface area contributed by atoms with E-state index in [-0.39, 0.29) is 24.0 Å². The van der Waals surface area contributed by atoms with Crippen LogP contribution in [-0.2, 0) is 13.1 Å². The molecule has 0 aliphatic rings. The molecule has 2 N–H and O–H groups in total. The van der Waals surface area contributed by atoms with Gasteiger partial charge < -0.3 is 10.6 Å². The minimum absolute atomic E-state index is 0. The van der Waals surface area contributed by atoms with E-state index in [1.54, 1.807) is 12.7 Å². The maximum Gasteiger partial charge on any atom is 0.191 e. The van der Waals surface area contributed by atoms with E-state index in [2.05, 4.69) is 58.8 Å². The van der Waals surface area contributed by atoms with Gasteiger partial charge in [0.25, 0.3) is 0 Å². The number of unbranched alkanes of at least 4 members (excludes halogenated alkanes) is 3. The standard InChI is InChI=1S/C19H30N6.HI/c1-3-5-6-7-11-22-19(21-4-2)23-13-17-9-8-10-18(12-17)14-25-16-20-15-24-25;/h8-10,12,15-16H,3-7,11,13-14H2,1-2H3,(H2,21,22,23);1H. The van der Waals surface area contributed by atoms with Crippen molar-refractivity contribution in [1.82, 2.24) is 25.4 Å². The Kier molecular flexibility index (Phi) is 11.7. The molecule has 2 aromatic rings. The first-order valence-electron chi connectivity index (χ1n) is 9.24. The molecular formula is C19H31IN6. The van der Waals surface area contributed by atoms with Gasteiger partial charge in [0.05, 0.1) is 13.1 Å². The highest BCUT2D eigenvalue weighted by Gasteiger charge is 2.00. The zero-order valence-electron chi connectivity index (χ0n) is 15.8. The third kappa shape index (κ3) is 8.64. The quantitative estimate of drug-likeness (QED) is 0.241. The van der Waals surface area contributed by atoms with E-state index in [0.29, 0.717) is 6.54 Å².